The number of aliphatic hydroxyl groups is 1. The van der Waals surface area contributed by atoms with E-state index in [9.17, 15) is 14.9 Å². The Morgan fingerprint density at radius 1 is 1.55 bits per heavy atom. The fourth-order valence-electron chi connectivity index (χ4n) is 1.68. The molecule has 0 fully saturated rings. The van der Waals surface area contributed by atoms with Gasteiger partial charge in [0.25, 0.3) is 11.6 Å². The molecule has 0 saturated carbocycles. The summed E-state index contributed by atoms with van der Waals surface area (Å²) >= 11 is 6.00. The van der Waals surface area contributed by atoms with Gasteiger partial charge in [-0.15, -0.1) is 0 Å². The van der Waals surface area contributed by atoms with Gasteiger partial charge in [-0.25, -0.2) is 0 Å². The minimum absolute atomic E-state index is 0.110. The Kier molecular flexibility index (Phi) is 5.72. The molecule has 0 atom stereocenters. The quantitative estimate of drug-likeness (QED) is 0.616. The van der Waals surface area contributed by atoms with Crippen LogP contribution in [0.4, 0.5) is 11.4 Å². The summed E-state index contributed by atoms with van der Waals surface area (Å²) in [5.74, 6) is -0.438. The molecule has 0 radical (unpaired) electrons. The molecule has 0 aliphatic rings. The van der Waals surface area contributed by atoms with E-state index < -0.39 is 10.8 Å². The number of benzene rings is 1. The monoisotopic (exact) mass is 301 g/mol. The van der Waals surface area contributed by atoms with Crippen molar-refractivity contribution in [2.75, 3.05) is 32.1 Å². The molecule has 0 aliphatic heterocycles. The fourth-order valence-corrected chi connectivity index (χ4v) is 1.96. The SMILES string of the molecule is CCNc1c(Cl)cc(C(=O)N(C)CCO)cc1[N+](=O)[O-]. The van der Waals surface area contributed by atoms with E-state index in [0.29, 0.717) is 6.54 Å². The molecule has 1 aromatic rings. The standard InChI is InChI=1S/C12H16ClN3O4/c1-3-14-11-9(13)6-8(7-10(11)16(19)20)12(18)15(2)4-5-17/h6-7,14,17H,3-5H2,1-2H3. The Morgan fingerprint density at radius 2 is 2.20 bits per heavy atom. The lowest BCUT2D eigenvalue weighted by molar-refractivity contribution is -0.384. The van der Waals surface area contributed by atoms with Crippen molar-refractivity contribution in [1.29, 1.82) is 0 Å². The van der Waals surface area contributed by atoms with Crippen LogP contribution in [0.2, 0.25) is 5.02 Å². The molecule has 20 heavy (non-hydrogen) atoms. The first-order chi connectivity index (χ1) is 9.42. The van der Waals surface area contributed by atoms with Crippen LogP contribution in [0, 0.1) is 10.1 Å². The maximum absolute atomic E-state index is 12.0. The predicted molar refractivity (Wildman–Crippen MR) is 76.3 cm³/mol. The molecule has 110 valence electrons. The van der Waals surface area contributed by atoms with Gasteiger partial charge in [-0.1, -0.05) is 11.6 Å². The molecule has 0 spiro atoms. The van der Waals surface area contributed by atoms with Crippen LogP contribution in [0.25, 0.3) is 0 Å². The van der Waals surface area contributed by atoms with E-state index in [-0.39, 0.29) is 35.1 Å². The summed E-state index contributed by atoms with van der Waals surface area (Å²) in [7, 11) is 1.50. The number of carbonyl (C=O) groups excluding carboxylic acids is 1. The van der Waals surface area contributed by atoms with Gasteiger partial charge in [-0.05, 0) is 13.0 Å². The van der Waals surface area contributed by atoms with Crippen molar-refractivity contribution in [2.24, 2.45) is 0 Å². The average Bonchev–Trinajstić information content (AvgIpc) is 2.40. The third-order valence-electron chi connectivity index (χ3n) is 2.65. The lowest BCUT2D eigenvalue weighted by atomic mass is 10.1. The van der Waals surface area contributed by atoms with E-state index in [1.165, 1.54) is 24.1 Å². The first kappa shape index (κ1) is 16.2. The predicted octanol–water partition coefficient (Wildman–Crippen LogP) is 1.74. The van der Waals surface area contributed by atoms with Gasteiger partial charge in [0, 0.05) is 31.8 Å². The van der Waals surface area contributed by atoms with Gasteiger partial charge in [-0.2, -0.15) is 0 Å². The molecular weight excluding hydrogens is 286 g/mol. The molecule has 8 heteroatoms. The van der Waals surface area contributed by atoms with Crippen LogP contribution >= 0.6 is 11.6 Å². The summed E-state index contributed by atoms with van der Waals surface area (Å²) < 4.78 is 0. The van der Waals surface area contributed by atoms with Gasteiger partial charge < -0.3 is 15.3 Å². The van der Waals surface area contributed by atoms with E-state index in [4.69, 9.17) is 16.7 Å². The molecule has 0 unspecified atom stereocenters. The number of hydrogen-bond donors (Lipinski definition) is 2. The summed E-state index contributed by atoms with van der Waals surface area (Å²) in [5, 5.41) is 22.8. The van der Waals surface area contributed by atoms with Gasteiger partial charge >= 0.3 is 0 Å². The smallest absolute Gasteiger partial charge is 0.294 e. The highest BCUT2D eigenvalue weighted by molar-refractivity contribution is 6.34. The molecule has 0 saturated heterocycles. The molecule has 1 amide bonds. The van der Waals surface area contributed by atoms with Crippen molar-refractivity contribution >= 4 is 28.9 Å². The summed E-state index contributed by atoms with van der Waals surface area (Å²) in [6, 6.07) is 2.56. The van der Waals surface area contributed by atoms with Crippen LogP contribution in [0.5, 0.6) is 0 Å². The zero-order chi connectivity index (χ0) is 15.3. The Labute approximate surface area is 121 Å². The van der Waals surface area contributed by atoms with E-state index in [1.807, 2.05) is 0 Å². The van der Waals surface area contributed by atoms with Crippen LogP contribution < -0.4 is 5.32 Å². The number of nitro groups is 1. The van der Waals surface area contributed by atoms with E-state index in [0.717, 1.165) is 0 Å². The normalized spacial score (nSPS) is 10.2. The van der Waals surface area contributed by atoms with Crippen LogP contribution in [0.3, 0.4) is 0 Å². The fraction of sp³-hybridized carbons (Fsp3) is 0.417. The number of nitro benzene ring substituents is 1. The molecular formula is C12H16ClN3O4. The highest BCUT2D eigenvalue weighted by Gasteiger charge is 2.22. The number of anilines is 1. The number of amides is 1. The molecule has 0 heterocycles. The van der Waals surface area contributed by atoms with Crippen molar-refractivity contribution in [2.45, 2.75) is 6.92 Å². The van der Waals surface area contributed by atoms with Crippen LogP contribution in [-0.2, 0) is 0 Å². The molecule has 0 aliphatic carbocycles. The van der Waals surface area contributed by atoms with Crippen molar-refractivity contribution in [3.63, 3.8) is 0 Å². The third kappa shape index (κ3) is 3.58. The maximum atomic E-state index is 12.0. The second kappa shape index (κ2) is 7.06. The van der Waals surface area contributed by atoms with E-state index >= 15 is 0 Å². The maximum Gasteiger partial charge on any atom is 0.294 e. The molecule has 7 nitrogen and oxygen atoms in total. The van der Waals surface area contributed by atoms with Crippen molar-refractivity contribution in [3.8, 4) is 0 Å². The van der Waals surface area contributed by atoms with Crippen LogP contribution in [-0.4, -0.2) is 47.6 Å². The number of carbonyl (C=O) groups is 1. The number of aliphatic hydroxyl groups excluding tert-OH is 1. The summed E-state index contributed by atoms with van der Waals surface area (Å²) in [4.78, 5) is 23.8. The zero-order valence-electron chi connectivity index (χ0n) is 11.2. The van der Waals surface area contributed by atoms with Gasteiger partial charge in [0.15, 0.2) is 0 Å². The molecule has 2 N–H and O–H groups in total. The molecule has 0 aromatic heterocycles. The molecule has 1 aromatic carbocycles. The average molecular weight is 302 g/mol. The first-order valence-corrected chi connectivity index (χ1v) is 6.38. The second-order valence-corrected chi connectivity index (χ2v) is 4.50. The number of nitrogens with one attached hydrogen (secondary N) is 1. The van der Waals surface area contributed by atoms with Crippen molar-refractivity contribution in [3.05, 3.63) is 32.8 Å². The lowest BCUT2D eigenvalue weighted by Gasteiger charge is -2.16. The summed E-state index contributed by atoms with van der Waals surface area (Å²) in [5.41, 5.74) is 0.0555. The van der Waals surface area contributed by atoms with Gasteiger partial charge in [0.1, 0.15) is 5.69 Å². The third-order valence-corrected chi connectivity index (χ3v) is 2.95. The number of hydrogen-bond acceptors (Lipinski definition) is 5. The topological polar surface area (TPSA) is 95.7 Å². The Morgan fingerprint density at radius 3 is 2.70 bits per heavy atom. The number of likely N-dealkylation sites (N-methyl/N-ethyl adjacent to an activating group) is 1. The van der Waals surface area contributed by atoms with Crippen molar-refractivity contribution < 1.29 is 14.8 Å². The lowest BCUT2D eigenvalue weighted by Crippen LogP contribution is -2.29. The van der Waals surface area contributed by atoms with Crippen LogP contribution in [0.1, 0.15) is 17.3 Å². The molecule has 1 rings (SSSR count). The highest BCUT2D eigenvalue weighted by atomic mass is 35.5. The minimum Gasteiger partial charge on any atom is -0.395 e. The Balaban J connectivity index is 3.24. The number of halogens is 1. The first-order valence-electron chi connectivity index (χ1n) is 6.00. The van der Waals surface area contributed by atoms with E-state index in [2.05, 4.69) is 5.32 Å². The summed E-state index contributed by atoms with van der Waals surface area (Å²) in [6.07, 6.45) is 0. The zero-order valence-corrected chi connectivity index (χ0v) is 12.0. The van der Waals surface area contributed by atoms with Crippen molar-refractivity contribution in [1.82, 2.24) is 4.90 Å². The Hall–Kier alpha value is -1.86. The van der Waals surface area contributed by atoms with Gasteiger partial charge in [-0.3, -0.25) is 14.9 Å². The minimum atomic E-state index is -0.591. The van der Waals surface area contributed by atoms with Gasteiger partial charge in [0.2, 0.25) is 0 Å². The van der Waals surface area contributed by atoms with Crippen LogP contribution in [0.15, 0.2) is 12.1 Å². The number of nitrogens with zero attached hydrogens (tertiary/aromatic N) is 2. The largest absolute Gasteiger partial charge is 0.395 e. The van der Waals surface area contributed by atoms with E-state index in [1.54, 1.807) is 6.92 Å². The van der Waals surface area contributed by atoms with Gasteiger partial charge in [0.05, 0.1) is 16.6 Å². The summed E-state index contributed by atoms with van der Waals surface area (Å²) in [6.45, 7) is 2.21. The number of rotatable bonds is 6. The molecule has 0 bridgehead atoms. The second-order valence-electron chi connectivity index (χ2n) is 4.09. The highest BCUT2D eigenvalue weighted by Crippen LogP contribution is 2.34. The Bertz CT molecular complexity index is 522.